The van der Waals surface area contributed by atoms with Crippen molar-refractivity contribution in [2.45, 2.75) is 78.1 Å². The molecule has 3 heteroatoms. The first kappa shape index (κ1) is 23.4. The number of rotatable bonds is 14. The smallest absolute Gasteiger partial charge is 0.172 e. The van der Waals surface area contributed by atoms with E-state index in [4.69, 9.17) is 9.47 Å². The summed E-state index contributed by atoms with van der Waals surface area (Å²) in [6, 6.07) is 13.6. The Labute approximate surface area is 186 Å². The van der Waals surface area contributed by atoms with Crippen LogP contribution >= 0.6 is 0 Å². The highest BCUT2D eigenvalue weighted by Crippen LogP contribution is 2.33. The maximum Gasteiger partial charge on any atom is 0.172 e. The zero-order valence-electron chi connectivity index (χ0n) is 19.2. The summed E-state index contributed by atoms with van der Waals surface area (Å²) in [4.78, 5) is 0. The van der Waals surface area contributed by atoms with E-state index in [-0.39, 0.29) is 5.82 Å². The number of hydrogen-bond donors (Lipinski definition) is 0. The fourth-order valence-electron chi connectivity index (χ4n) is 4.02. The van der Waals surface area contributed by atoms with Gasteiger partial charge in [0.05, 0.1) is 13.2 Å². The van der Waals surface area contributed by atoms with Gasteiger partial charge in [-0.25, -0.2) is 4.39 Å². The molecule has 0 unspecified atom stereocenters. The predicted octanol–water partition coefficient (Wildman–Crippen LogP) is 8.83. The molecule has 0 saturated carbocycles. The lowest BCUT2D eigenvalue weighted by Crippen LogP contribution is -1.99. The van der Waals surface area contributed by atoms with E-state index >= 15 is 0 Å². The van der Waals surface area contributed by atoms with Gasteiger partial charge >= 0.3 is 0 Å². The Morgan fingerprint density at radius 3 is 2.03 bits per heavy atom. The lowest BCUT2D eigenvalue weighted by atomic mass is 10.0. The van der Waals surface area contributed by atoms with Gasteiger partial charge in [0.15, 0.2) is 11.6 Å². The van der Waals surface area contributed by atoms with Crippen LogP contribution in [0, 0.1) is 5.82 Å². The molecular formula is C28H37FO2. The van der Waals surface area contributed by atoms with E-state index in [1.54, 1.807) is 6.07 Å². The number of ether oxygens (including phenoxy) is 2. The molecule has 0 aliphatic rings. The van der Waals surface area contributed by atoms with Crippen LogP contribution in [0.2, 0.25) is 0 Å². The summed E-state index contributed by atoms with van der Waals surface area (Å²) in [5.74, 6) is 0.950. The normalized spacial score (nSPS) is 11.3. The third kappa shape index (κ3) is 6.59. The van der Waals surface area contributed by atoms with Gasteiger partial charge in [0.2, 0.25) is 0 Å². The Hall–Kier alpha value is -2.29. The minimum Gasteiger partial charge on any atom is -0.494 e. The van der Waals surface area contributed by atoms with Crippen LogP contribution in [0.4, 0.5) is 4.39 Å². The van der Waals surface area contributed by atoms with Crippen LogP contribution in [-0.2, 0) is 0 Å². The summed E-state index contributed by atoms with van der Waals surface area (Å²) in [6.07, 6.45) is 12.3. The first-order chi connectivity index (χ1) is 15.2. The molecule has 0 bridgehead atoms. The van der Waals surface area contributed by atoms with Crippen LogP contribution < -0.4 is 9.47 Å². The van der Waals surface area contributed by atoms with E-state index < -0.39 is 0 Å². The fraction of sp³-hybridized carbons (Fsp3) is 0.500. The van der Waals surface area contributed by atoms with Gasteiger partial charge in [-0.15, -0.1) is 0 Å². The largest absolute Gasteiger partial charge is 0.494 e. The number of benzene rings is 3. The fourth-order valence-corrected chi connectivity index (χ4v) is 4.02. The van der Waals surface area contributed by atoms with Crippen LogP contribution in [0.3, 0.4) is 0 Å². The average Bonchev–Trinajstić information content (AvgIpc) is 2.79. The van der Waals surface area contributed by atoms with Crippen molar-refractivity contribution < 1.29 is 13.9 Å². The van der Waals surface area contributed by atoms with Crippen molar-refractivity contribution in [3.8, 4) is 11.5 Å². The molecule has 3 aromatic rings. The van der Waals surface area contributed by atoms with E-state index in [1.807, 2.05) is 30.3 Å². The van der Waals surface area contributed by atoms with Crippen molar-refractivity contribution in [3.63, 3.8) is 0 Å². The van der Waals surface area contributed by atoms with Gasteiger partial charge in [-0.1, -0.05) is 83.4 Å². The quantitative estimate of drug-likeness (QED) is 0.190. The van der Waals surface area contributed by atoms with Crippen LogP contribution in [0.5, 0.6) is 11.5 Å². The van der Waals surface area contributed by atoms with Crippen molar-refractivity contribution in [1.29, 1.82) is 0 Å². The number of fused-ring (bicyclic) bond motifs is 3. The summed E-state index contributed by atoms with van der Waals surface area (Å²) in [7, 11) is 0. The van der Waals surface area contributed by atoms with Crippen molar-refractivity contribution in [1.82, 2.24) is 0 Å². The molecule has 0 N–H and O–H groups in total. The molecule has 0 heterocycles. The molecule has 168 valence electrons. The first-order valence-corrected chi connectivity index (χ1v) is 12.1. The molecule has 0 aromatic heterocycles. The molecule has 0 aliphatic heterocycles. The van der Waals surface area contributed by atoms with Crippen molar-refractivity contribution >= 4 is 21.5 Å². The van der Waals surface area contributed by atoms with Gasteiger partial charge in [0, 0.05) is 5.39 Å². The molecule has 0 aliphatic carbocycles. The third-order valence-electron chi connectivity index (χ3n) is 5.91. The molecule has 3 rings (SSSR count). The van der Waals surface area contributed by atoms with Gasteiger partial charge in [-0.2, -0.15) is 0 Å². The van der Waals surface area contributed by atoms with Crippen LogP contribution in [0.25, 0.3) is 21.5 Å². The average molecular weight is 425 g/mol. The van der Waals surface area contributed by atoms with E-state index in [9.17, 15) is 4.39 Å². The number of hydrogen-bond acceptors (Lipinski definition) is 2. The second-order valence-corrected chi connectivity index (χ2v) is 8.45. The Morgan fingerprint density at radius 1 is 0.613 bits per heavy atom. The lowest BCUT2D eigenvalue weighted by molar-refractivity contribution is 0.295. The predicted molar refractivity (Wildman–Crippen MR) is 130 cm³/mol. The highest BCUT2D eigenvalue weighted by Gasteiger charge is 2.11. The Balaban J connectivity index is 1.57. The second kappa shape index (κ2) is 12.5. The van der Waals surface area contributed by atoms with Crippen LogP contribution in [0.1, 0.15) is 78.1 Å². The summed E-state index contributed by atoms with van der Waals surface area (Å²) in [5, 5.41) is 3.62. The molecule has 0 saturated heterocycles. The number of unbranched alkanes of at least 4 members (excludes halogenated alkanes) is 8. The Kier molecular flexibility index (Phi) is 9.45. The third-order valence-corrected chi connectivity index (χ3v) is 5.91. The van der Waals surface area contributed by atoms with Crippen molar-refractivity contribution in [3.05, 3.63) is 48.3 Å². The van der Waals surface area contributed by atoms with Crippen molar-refractivity contribution in [2.75, 3.05) is 13.2 Å². The SMILES string of the molecule is CCCCCCCCCCOc1ccc2c(ccc3c(F)c(OCCCC)ccc32)c1. The van der Waals surface area contributed by atoms with Crippen LogP contribution in [0.15, 0.2) is 42.5 Å². The number of halogens is 1. The maximum atomic E-state index is 14.9. The van der Waals surface area contributed by atoms with Crippen LogP contribution in [-0.4, -0.2) is 13.2 Å². The van der Waals surface area contributed by atoms with Crippen molar-refractivity contribution in [2.24, 2.45) is 0 Å². The molecule has 0 fully saturated rings. The van der Waals surface area contributed by atoms with E-state index in [2.05, 4.69) is 19.9 Å². The standard InChI is InChI=1S/C28H37FO2/c1-3-5-7-8-9-10-11-12-20-30-23-14-16-24-22(21-23)13-15-26-25(24)17-18-27(28(26)29)31-19-6-4-2/h13-18,21H,3-12,19-20H2,1-2H3. The van der Waals surface area contributed by atoms with Gasteiger partial charge in [0.25, 0.3) is 0 Å². The maximum absolute atomic E-state index is 14.9. The van der Waals surface area contributed by atoms with Gasteiger partial charge in [-0.05, 0) is 53.3 Å². The summed E-state index contributed by atoms with van der Waals surface area (Å²) < 4.78 is 26.5. The molecular weight excluding hydrogens is 387 g/mol. The van der Waals surface area contributed by atoms with E-state index in [0.29, 0.717) is 17.7 Å². The minimum atomic E-state index is -0.273. The lowest BCUT2D eigenvalue weighted by Gasteiger charge is -2.12. The summed E-state index contributed by atoms with van der Waals surface area (Å²) >= 11 is 0. The molecule has 0 spiro atoms. The molecule has 0 radical (unpaired) electrons. The molecule has 2 nitrogen and oxygen atoms in total. The zero-order valence-corrected chi connectivity index (χ0v) is 19.2. The highest BCUT2D eigenvalue weighted by atomic mass is 19.1. The minimum absolute atomic E-state index is 0.273. The monoisotopic (exact) mass is 424 g/mol. The second-order valence-electron chi connectivity index (χ2n) is 8.45. The van der Waals surface area contributed by atoms with E-state index in [0.717, 1.165) is 47.8 Å². The molecule has 3 aromatic carbocycles. The van der Waals surface area contributed by atoms with Gasteiger partial charge in [-0.3, -0.25) is 0 Å². The highest BCUT2D eigenvalue weighted by molar-refractivity contribution is 6.08. The van der Waals surface area contributed by atoms with Gasteiger partial charge in [0.1, 0.15) is 5.75 Å². The van der Waals surface area contributed by atoms with E-state index in [1.165, 1.54) is 44.9 Å². The Bertz CT molecular complexity index is 951. The first-order valence-electron chi connectivity index (χ1n) is 12.1. The summed E-state index contributed by atoms with van der Waals surface area (Å²) in [6.45, 7) is 5.65. The Morgan fingerprint density at radius 2 is 1.26 bits per heavy atom. The van der Waals surface area contributed by atoms with Gasteiger partial charge < -0.3 is 9.47 Å². The molecule has 31 heavy (non-hydrogen) atoms. The summed E-state index contributed by atoms with van der Waals surface area (Å²) in [5.41, 5.74) is 0. The zero-order chi connectivity index (χ0) is 21.9. The topological polar surface area (TPSA) is 18.5 Å². The molecule has 0 amide bonds. The molecule has 0 atom stereocenters.